The van der Waals surface area contributed by atoms with E-state index in [9.17, 15) is 0 Å². The summed E-state index contributed by atoms with van der Waals surface area (Å²) in [5, 5.41) is 4.57. The van der Waals surface area contributed by atoms with Crippen LogP contribution in [0.3, 0.4) is 0 Å². The molecule has 0 aliphatic heterocycles. The van der Waals surface area contributed by atoms with E-state index in [1.54, 1.807) is 0 Å². The van der Waals surface area contributed by atoms with Gasteiger partial charge in [-0.2, -0.15) is 5.10 Å². The molecule has 0 bridgehead atoms. The second kappa shape index (κ2) is 6.14. The summed E-state index contributed by atoms with van der Waals surface area (Å²) in [7, 11) is 6.19. The van der Waals surface area contributed by atoms with Crippen molar-refractivity contribution in [1.82, 2.24) is 24.2 Å². The summed E-state index contributed by atoms with van der Waals surface area (Å²) < 4.78 is 4.22. The fraction of sp³-hybridized carbons (Fsp3) is 0.714. The van der Waals surface area contributed by atoms with Crippen molar-refractivity contribution in [3.63, 3.8) is 0 Å². The number of rotatable bonds is 6. The number of hydrogen-bond donors (Lipinski definition) is 0. The molecule has 0 aromatic carbocycles. The van der Waals surface area contributed by atoms with E-state index in [4.69, 9.17) is 16.6 Å². The molecule has 2 aromatic heterocycles. The van der Waals surface area contributed by atoms with Gasteiger partial charge in [-0.05, 0) is 27.4 Å². The monoisotopic (exact) mass is 297 g/mol. The first-order valence-corrected chi connectivity index (χ1v) is 7.66. The molecule has 0 saturated carbocycles. The Bertz CT molecular complexity index is 584. The molecule has 1 unspecified atom stereocenters. The number of aryl methyl sites for hydroxylation is 3. The molecule has 2 aromatic rings. The van der Waals surface area contributed by atoms with Crippen molar-refractivity contribution in [3.8, 4) is 0 Å². The summed E-state index contributed by atoms with van der Waals surface area (Å²) in [4.78, 5) is 7.00. The highest BCUT2D eigenvalue weighted by Gasteiger charge is 2.19. The molecule has 0 fully saturated rings. The molecule has 6 heteroatoms. The fourth-order valence-electron chi connectivity index (χ4n) is 2.42. The maximum Gasteiger partial charge on any atom is 0.158 e. The quantitative estimate of drug-likeness (QED) is 0.766. The van der Waals surface area contributed by atoms with Crippen LogP contribution < -0.4 is 0 Å². The predicted octanol–water partition coefficient (Wildman–Crippen LogP) is 2.06. The third kappa shape index (κ3) is 2.69. The molecule has 2 rings (SSSR count). The van der Waals surface area contributed by atoms with Gasteiger partial charge in [0.2, 0.25) is 0 Å². The van der Waals surface area contributed by atoms with Gasteiger partial charge in [0.15, 0.2) is 5.65 Å². The summed E-state index contributed by atoms with van der Waals surface area (Å²) in [5.74, 6) is 1.65. The normalized spacial score (nSPS) is 13.6. The molecule has 0 aliphatic rings. The average molecular weight is 298 g/mol. The fourth-order valence-corrected chi connectivity index (χ4v) is 2.59. The summed E-state index contributed by atoms with van der Waals surface area (Å²) in [5.41, 5.74) is 3.20. The lowest BCUT2D eigenvalue weighted by Gasteiger charge is -2.21. The van der Waals surface area contributed by atoms with Gasteiger partial charge in [0, 0.05) is 31.9 Å². The number of hydrogen-bond acceptors (Lipinski definition) is 3. The minimum Gasteiger partial charge on any atom is -0.311 e. The van der Waals surface area contributed by atoms with E-state index in [1.165, 1.54) is 0 Å². The molecule has 20 heavy (non-hydrogen) atoms. The van der Waals surface area contributed by atoms with Gasteiger partial charge in [0.1, 0.15) is 11.3 Å². The van der Waals surface area contributed by atoms with Crippen LogP contribution in [0.5, 0.6) is 0 Å². The Morgan fingerprint density at radius 3 is 2.60 bits per heavy atom. The van der Waals surface area contributed by atoms with Gasteiger partial charge in [-0.1, -0.05) is 6.92 Å². The van der Waals surface area contributed by atoms with Crippen LogP contribution in [0.2, 0.25) is 0 Å². The largest absolute Gasteiger partial charge is 0.311 e. The van der Waals surface area contributed by atoms with Gasteiger partial charge in [-0.3, -0.25) is 4.68 Å². The summed E-state index contributed by atoms with van der Waals surface area (Å²) in [6.45, 7) is 5.23. The van der Waals surface area contributed by atoms with Gasteiger partial charge in [-0.15, -0.1) is 11.6 Å². The maximum atomic E-state index is 5.93. The molecule has 0 aliphatic carbocycles. The van der Waals surface area contributed by atoms with E-state index in [2.05, 4.69) is 42.5 Å². The Hall–Kier alpha value is -1.07. The lowest BCUT2D eigenvalue weighted by molar-refractivity contribution is 0.283. The Balaban J connectivity index is 2.53. The molecule has 0 saturated heterocycles. The van der Waals surface area contributed by atoms with E-state index in [0.717, 1.165) is 42.1 Å². The van der Waals surface area contributed by atoms with Crippen LogP contribution in [-0.2, 0) is 26.4 Å². The van der Waals surface area contributed by atoms with Crippen molar-refractivity contribution in [2.75, 3.05) is 20.0 Å². The molecule has 0 N–H and O–H groups in total. The van der Waals surface area contributed by atoms with Gasteiger partial charge < -0.3 is 9.47 Å². The SMILES string of the molecule is CCc1nn(C)c2c1nc(CCCl)n2CC(C)N(C)C. The zero-order chi connectivity index (χ0) is 14.9. The standard InChI is InChI=1S/C14H24ClN5/c1-6-11-13-14(19(5)17-11)20(9-10(2)18(3)4)12(16-13)7-8-15/h10H,6-9H2,1-5H3. The highest BCUT2D eigenvalue weighted by atomic mass is 35.5. The van der Waals surface area contributed by atoms with E-state index in [1.807, 2.05) is 11.7 Å². The summed E-state index contributed by atoms with van der Waals surface area (Å²) in [6, 6.07) is 0.432. The van der Waals surface area contributed by atoms with E-state index in [0.29, 0.717) is 11.9 Å². The van der Waals surface area contributed by atoms with Crippen molar-refractivity contribution in [1.29, 1.82) is 0 Å². The zero-order valence-corrected chi connectivity index (χ0v) is 13.8. The first-order valence-electron chi connectivity index (χ1n) is 7.12. The number of fused-ring (bicyclic) bond motifs is 1. The van der Waals surface area contributed by atoms with Crippen LogP contribution in [0.15, 0.2) is 0 Å². The number of imidazole rings is 1. The van der Waals surface area contributed by atoms with Gasteiger partial charge in [0.25, 0.3) is 0 Å². The molecule has 0 spiro atoms. The van der Waals surface area contributed by atoms with Gasteiger partial charge >= 0.3 is 0 Å². The third-order valence-electron chi connectivity index (χ3n) is 3.85. The molecule has 5 nitrogen and oxygen atoms in total. The summed E-state index contributed by atoms with van der Waals surface area (Å²) >= 11 is 5.93. The molecule has 0 amide bonds. The minimum atomic E-state index is 0.432. The van der Waals surface area contributed by atoms with Crippen LogP contribution in [-0.4, -0.2) is 50.2 Å². The molecule has 1 atom stereocenters. The van der Waals surface area contributed by atoms with E-state index < -0.39 is 0 Å². The highest BCUT2D eigenvalue weighted by Crippen LogP contribution is 2.21. The van der Waals surface area contributed by atoms with Crippen molar-refractivity contribution in [3.05, 3.63) is 11.5 Å². The van der Waals surface area contributed by atoms with Crippen molar-refractivity contribution in [2.45, 2.75) is 39.3 Å². The van der Waals surface area contributed by atoms with E-state index >= 15 is 0 Å². The molecule has 112 valence electrons. The number of halogens is 1. The Kier molecular flexibility index (Phi) is 4.70. The number of aromatic nitrogens is 4. The smallest absolute Gasteiger partial charge is 0.158 e. The van der Waals surface area contributed by atoms with Crippen LogP contribution in [0.1, 0.15) is 25.4 Å². The Morgan fingerprint density at radius 2 is 2.05 bits per heavy atom. The predicted molar refractivity (Wildman–Crippen MR) is 83.5 cm³/mol. The van der Waals surface area contributed by atoms with Crippen molar-refractivity contribution in [2.24, 2.45) is 7.05 Å². The average Bonchev–Trinajstić information content (AvgIpc) is 2.89. The third-order valence-corrected chi connectivity index (χ3v) is 4.04. The Morgan fingerprint density at radius 1 is 1.35 bits per heavy atom. The van der Waals surface area contributed by atoms with Gasteiger partial charge in [0.05, 0.1) is 5.69 Å². The topological polar surface area (TPSA) is 38.9 Å². The zero-order valence-electron chi connectivity index (χ0n) is 13.0. The second-order valence-corrected chi connectivity index (χ2v) is 5.86. The van der Waals surface area contributed by atoms with Gasteiger partial charge in [-0.25, -0.2) is 4.98 Å². The lowest BCUT2D eigenvalue weighted by atomic mass is 10.3. The maximum absolute atomic E-state index is 5.93. The molecule has 2 heterocycles. The van der Waals surface area contributed by atoms with Crippen molar-refractivity contribution < 1.29 is 0 Å². The van der Waals surface area contributed by atoms with Crippen LogP contribution in [0, 0.1) is 0 Å². The van der Waals surface area contributed by atoms with E-state index in [-0.39, 0.29) is 0 Å². The minimum absolute atomic E-state index is 0.432. The highest BCUT2D eigenvalue weighted by molar-refractivity contribution is 6.17. The second-order valence-electron chi connectivity index (χ2n) is 5.49. The first-order chi connectivity index (χ1) is 9.49. The number of likely N-dealkylation sites (N-methyl/N-ethyl adjacent to an activating group) is 1. The molecule has 0 radical (unpaired) electrons. The molecular weight excluding hydrogens is 274 g/mol. The van der Waals surface area contributed by atoms with Crippen LogP contribution >= 0.6 is 11.6 Å². The van der Waals surface area contributed by atoms with Crippen LogP contribution in [0.4, 0.5) is 0 Å². The van der Waals surface area contributed by atoms with Crippen LogP contribution in [0.25, 0.3) is 11.2 Å². The number of alkyl halides is 1. The lowest BCUT2D eigenvalue weighted by Crippen LogP contribution is -2.30. The Labute approximate surface area is 125 Å². The first kappa shape index (κ1) is 15.3. The molecular formula is C14H24ClN5. The van der Waals surface area contributed by atoms with Crippen molar-refractivity contribution >= 4 is 22.8 Å². The number of nitrogens with zero attached hydrogens (tertiary/aromatic N) is 5. The summed E-state index contributed by atoms with van der Waals surface area (Å²) in [6.07, 6.45) is 1.69.